The second-order valence-electron chi connectivity index (χ2n) is 6.10. The Labute approximate surface area is 108 Å². The van der Waals surface area contributed by atoms with E-state index >= 15 is 0 Å². The van der Waals surface area contributed by atoms with Crippen molar-refractivity contribution in [3.05, 3.63) is 23.7 Å². The molecule has 0 saturated carbocycles. The van der Waals surface area contributed by atoms with E-state index in [4.69, 9.17) is 9.31 Å². The smallest absolute Gasteiger partial charge is 0.400 e. The molecule has 0 spiro atoms. The summed E-state index contributed by atoms with van der Waals surface area (Å²) in [5.41, 5.74) is 3.65. The minimum Gasteiger partial charge on any atom is -0.400 e. The molecule has 1 N–H and O–H groups in total. The van der Waals surface area contributed by atoms with E-state index in [0.29, 0.717) is 0 Å². The molecule has 0 radical (unpaired) electrons. The van der Waals surface area contributed by atoms with Gasteiger partial charge in [0, 0.05) is 12.1 Å². The van der Waals surface area contributed by atoms with Crippen molar-refractivity contribution < 1.29 is 9.31 Å². The molecular formula is C13H19BN2O2. The third-order valence-corrected chi connectivity index (χ3v) is 4.36. The highest BCUT2D eigenvalue weighted by Gasteiger charge is 2.54. The maximum atomic E-state index is 6.10. The molecule has 2 heterocycles. The zero-order valence-corrected chi connectivity index (χ0v) is 11.3. The van der Waals surface area contributed by atoms with Crippen molar-refractivity contribution in [2.45, 2.75) is 44.9 Å². The maximum Gasteiger partial charge on any atom is 0.491 e. The van der Waals surface area contributed by atoms with E-state index in [2.05, 4.69) is 50.4 Å². The molecule has 3 rings (SSSR count). The highest BCUT2D eigenvalue weighted by atomic mass is 16.7. The Bertz CT molecular complexity index is 438. The standard InChI is InChI=1S/C13H19BN2O2/c1-12(2)13(3,4)18-14(17-12)10-6-5-7-11-9(10)8-15-16-11/h5-9,11,16H,1-4H3. The highest BCUT2D eigenvalue weighted by molar-refractivity contribution is 6.55. The number of fused-ring (bicyclic) bond motifs is 1. The summed E-state index contributed by atoms with van der Waals surface area (Å²) in [4.78, 5) is 0. The molecule has 0 aromatic heterocycles. The van der Waals surface area contributed by atoms with E-state index < -0.39 is 0 Å². The third-order valence-electron chi connectivity index (χ3n) is 4.36. The molecule has 3 aliphatic rings. The number of hydrogen-bond donors (Lipinski definition) is 1. The summed E-state index contributed by atoms with van der Waals surface area (Å²) < 4.78 is 12.2. The summed E-state index contributed by atoms with van der Waals surface area (Å²) in [6, 6.07) is 0.240. The van der Waals surface area contributed by atoms with Gasteiger partial charge in [-0.3, -0.25) is 0 Å². The predicted molar refractivity (Wildman–Crippen MR) is 72.2 cm³/mol. The molecule has 5 heteroatoms. The molecule has 4 nitrogen and oxygen atoms in total. The van der Waals surface area contributed by atoms with Crippen molar-refractivity contribution in [1.29, 1.82) is 0 Å². The van der Waals surface area contributed by atoms with Gasteiger partial charge in [0.25, 0.3) is 0 Å². The maximum absolute atomic E-state index is 6.10. The van der Waals surface area contributed by atoms with Crippen LogP contribution in [0.2, 0.25) is 0 Å². The molecule has 1 fully saturated rings. The van der Waals surface area contributed by atoms with Crippen molar-refractivity contribution in [3.63, 3.8) is 0 Å². The highest BCUT2D eigenvalue weighted by Crippen LogP contribution is 2.40. The molecule has 2 unspecified atom stereocenters. The summed E-state index contributed by atoms with van der Waals surface area (Å²) in [6.07, 6.45) is 8.18. The topological polar surface area (TPSA) is 42.8 Å². The summed E-state index contributed by atoms with van der Waals surface area (Å²) in [6.45, 7) is 8.30. The zero-order chi connectivity index (χ0) is 13.0. The normalized spacial score (nSPS) is 35.3. The fourth-order valence-electron chi connectivity index (χ4n) is 2.45. The minimum absolute atomic E-state index is 0.240. The van der Waals surface area contributed by atoms with E-state index in [1.165, 1.54) is 0 Å². The summed E-state index contributed by atoms with van der Waals surface area (Å²) in [7, 11) is -0.279. The van der Waals surface area contributed by atoms with Crippen LogP contribution in [0, 0.1) is 5.92 Å². The molecule has 18 heavy (non-hydrogen) atoms. The molecule has 0 aromatic carbocycles. The van der Waals surface area contributed by atoms with Gasteiger partial charge in [0.05, 0.1) is 17.2 Å². The lowest BCUT2D eigenvalue weighted by molar-refractivity contribution is 0.00578. The fourth-order valence-corrected chi connectivity index (χ4v) is 2.45. The van der Waals surface area contributed by atoms with Crippen LogP contribution in [0.25, 0.3) is 0 Å². The molecule has 0 aromatic rings. The van der Waals surface area contributed by atoms with Gasteiger partial charge in [-0.15, -0.1) is 0 Å². The Hall–Kier alpha value is -1.07. The molecular weight excluding hydrogens is 227 g/mol. The van der Waals surface area contributed by atoms with E-state index in [0.717, 1.165) is 5.47 Å². The van der Waals surface area contributed by atoms with Gasteiger partial charge in [0.2, 0.25) is 0 Å². The predicted octanol–water partition coefficient (Wildman–Crippen LogP) is 1.69. The molecule has 2 aliphatic heterocycles. The van der Waals surface area contributed by atoms with Crippen molar-refractivity contribution in [2.24, 2.45) is 11.0 Å². The first-order valence-corrected chi connectivity index (χ1v) is 6.43. The largest absolute Gasteiger partial charge is 0.491 e. The SMILES string of the molecule is CC1(C)OB(C2=CC=CC3NN=CC23)OC1(C)C. The first-order chi connectivity index (χ1) is 8.41. The molecule has 1 saturated heterocycles. The lowest BCUT2D eigenvalue weighted by atomic mass is 9.67. The van der Waals surface area contributed by atoms with Gasteiger partial charge >= 0.3 is 7.12 Å². The number of allylic oxidation sites excluding steroid dienone is 2. The van der Waals surface area contributed by atoms with Crippen LogP contribution in [0.1, 0.15) is 27.7 Å². The van der Waals surface area contributed by atoms with Gasteiger partial charge in [0.15, 0.2) is 0 Å². The van der Waals surface area contributed by atoms with Gasteiger partial charge in [-0.25, -0.2) is 0 Å². The van der Waals surface area contributed by atoms with Crippen molar-refractivity contribution in [3.8, 4) is 0 Å². The summed E-state index contributed by atoms with van der Waals surface area (Å²) in [5, 5.41) is 4.14. The lowest BCUT2D eigenvalue weighted by Gasteiger charge is -2.32. The van der Waals surface area contributed by atoms with Gasteiger partial charge in [-0.1, -0.05) is 18.2 Å². The Morgan fingerprint density at radius 2 is 1.89 bits per heavy atom. The fraction of sp³-hybridized carbons (Fsp3) is 0.615. The van der Waals surface area contributed by atoms with Crippen LogP contribution < -0.4 is 5.43 Å². The van der Waals surface area contributed by atoms with Crippen LogP contribution >= 0.6 is 0 Å². The Balaban J connectivity index is 1.87. The van der Waals surface area contributed by atoms with Crippen LogP contribution in [0.3, 0.4) is 0 Å². The Kier molecular flexibility index (Phi) is 2.47. The van der Waals surface area contributed by atoms with Gasteiger partial charge in [-0.2, -0.15) is 5.10 Å². The molecule has 1 aliphatic carbocycles. The van der Waals surface area contributed by atoms with Crippen molar-refractivity contribution in [2.75, 3.05) is 0 Å². The number of nitrogens with zero attached hydrogens (tertiary/aromatic N) is 1. The number of rotatable bonds is 1. The first kappa shape index (κ1) is 12.0. The zero-order valence-electron chi connectivity index (χ0n) is 11.3. The van der Waals surface area contributed by atoms with Crippen molar-refractivity contribution >= 4 is 13.3 Å². The van der Waals surface area contributed by atoms with Crippen LogP contribution in [0.5, 0.6) is 0 Å². The Morgan fingerprint density at radius 3 is 2.56 bits per heavy atom. The molecule has 96 valence electrons. The number of hydrazone groups is 1. The van der Waals surface area contributed by atoms with Crippen LogP contribution in [0.15, 0.2) is 28.8 Å². The van der Waals surface area contributed by atoms with Crippen molar-refractivity contribution in [1.82, 2.24) is 5.43 Å². The quantitative estimate of drug-likeness (QED) is 0.716. The number of nitrogens with one attached hydrogen (secondary N) is 1. The van der Waals surface area contributed by atoms with E-state index in [-0.39, 0.29) is 30.3 Å². The van der Waals surface area contributed by atoms with E-state index in [1.54, 1.807) is 0 Å². The van der Waals surface area contributed by atoms with Gasteiger partial charge in [-0.05, 0) is 33.2 Å². The van der Waals surface area contributed by atoms with Gasteiger partial charge in [0.1, 0.15) is 0 Å². The summed E-state index contributed by atoms with van der Waals surface area (Å²) >= 11 is 0. The lowest BCUT2D eigenvalue weighted by Crippen LogP contribution is -2.41. The third kappa shape index (κ3) is 1.65. The number of hydrogen-bond acceptors (Lipinski definition) is 4. The minimum atomic E-state index is -0.293. The molecule has 2 atom stereocenters. The van der Waals surface area contributed by atoms with Crippen LogP contribution in [-0.4, -0.2) is 30.6 Å². The Morgan fingerprint density at radius 1 is 1.22 bits per heavy atom. The first-order valence-electron chi connectivity index (χ1n) is 6.43. The second kappa shape index (κ2) is 3.71. The average molecular weight is 246 g/mol. The molecule has 0 amide bonds. The average Bonchev–Trinajstić information content (AvgIpc) is 2.81. The van der Waals surface area contributed by atoms with Gasteiger partial charge < -0.3 is 14.7 Å². The van der Waals surface area contributed by atoms with E-state index in [1.807, 2.05) is 12.3 Å². The summed E-state index contributed by atoms with van der Waals surface area (Å²) in [5.74, 6) is 0.240. The molecule has 0 bridgehead atoms. The van der Waals surface area contributed by atoms with E-state index in [9.17, 15) is 0 Å². The van der Waals surface area contributed by atoms with Crippen LogP contribution in [0.4, 0.5) is 0 Å². The second-order valence-corrected chi connectivity index (χ2v) is 6.10. The van der Waals surface area contributed by atoms with Crippen LogP contribution in [-0.2, 0) is 9.31 Å². The monoisotopic (exact) mass is 246 g/mol.